The van der Waals surface area contributed by atoms with Gasteiger partial charge in [-0.05, 0) is 25.5 Å². The van der Waals surface area contributed by atoms with Crippen LogP contribution >= 0.6 is 0 Å². The first-order valence-electron chi connectivity index (χ1n) is 4.22. The number of aliphatic hydroxyl groups excluding tert-OH is 1. The SMILES string of the molecule is Cc1cccc(F)c1[C@H](N)[C@H](C)O. The van der Waals surface area contributed by atoms with Crippen molar-refractivity contribution in [2.24, 2.45) is 5.73 Å². The summed E-state index contributed by atoms with van der Waals surface area (Å²) in [6.07, 6.45) is -0.740. The fraction of sp³-hybridized carbons (Fsp3) is 0.400. The molecular weight excluding hydrogens is 169 g/mol. The van der Waals surface area contributed by atoms with E-state index in [4.69, 9.17) is 5.73 Å². The zero-order valence-corrected chi connectivity index (χ0v) is 7.79. The maximum atomic E-state index is 13.3. The molecule has 1 rings (SSSR count). The molecule has 72 valence electrons. The van der Waals surface area contributed by atoms with Crippen molar-refractivity contribution in [1.29, 1.82) is 0 Å². The Bertz CT molecular complexity index is 279. The molecule has 0 aliphatic heterocycles. The van der Waals surface area contributed by atoms with Crippen molar-refractivity contribution in [2.45, 2.75) is 26.0 Å². The van der Waals surface area contributed by atoms with E-state index >= 15 is 0 Å². The van der Waals surface area contributed by atoms with Gasteiger partial charge in [0.25, 0.3) is 0 Å². The first-order valence-corrected chi connectivity index (χ1v) is 4.22. The van der Waals surface area contributed by atoms with Gasteiger partial charge in [-0.3, -0.25) is 0 Å². The van der Waals surface area contributed by atoms with Crippen LogP contribution in [-0.2, 0) is 0 Å². The molecule has 0 aliphatic rings. The van der Waals surface area contributed by atoms with Gasteiger partial charge in [0, 0.05) is 5.56 Å². The topological polar surface area (TPSA) is 46.2 Å². The second-order valence-electron chi connectivity index (χ2n) is 3.24. The third-order valence-corrected chi connectivity index (χ3v) is 2.12. The monoisotopic (exact) mass is 183 g/mol. The van der Waals surface area contributed by atoms with Crippen molar-refractivity contribution >= 4 is 0 Å². The minimum absolute atomic E-state index is 0.353. The van der Waals surface area contributed by atoms with E-state index in [-0.39, 0.29) is 5.82 Å². The summed E-state index contributed by atoms with van der Waals surface area (Å²) in [6.45, 7) is 3.33. The van der Waals surface area contributed by atoms with Crippen molar-refractivity contribution in [3.63, 3.8) is 0 Å². The predicted octanol–water partition coefficient (Wildman–Crippen LogP) is 1.51. The summed E-state index contributed by atoms with van der Waals surface area (Å²) in [7, 11) is 0. The number of hydrogen-bond donors (Lipinski definition) is 2. The van der Waals surface area contributed by atoms with Gasteiger partial charge in [-0.25, -0.2) is 4.39 Å². The Morgan fingerprint density at radius 2 is 2.08 bits per heavy atom. The largest absolute Gasteiger partial charge is 0.391 e. The average Bonchev–Trinajstić information content (AvgIpc) is 2.03. The van der Waals surface area contributed by atoms with Gasteiger partial charge in [0.05, 0.1) is 12.1 Å². The number of benzene rings is 1. The number of nitrogens with two attached hydrogens (primary N) is 1. The van der Waals surface area contributed by atoms with Gasteiger partial charge in [0.2, 0.25) is 0 Å². The van der Waals surface area contributed by atoms with Crippen LogP contribution in [0.1, 0.15) is 24.1 Å². The maximum absolute atomic E-state index is 13.3. The number of aryl methyl sites for hydroxylation is 1. The minimum Gasteiger partial charge on any atom is -0.391 e. The first-order chi connectivity index (χ1) is 6.04. The second-order valence-corrected chi connectivity index (χ2v) is 3.24. The molecule has 0 saturated carbocycles. The molecule has 0 spiro atoms. The van der Waals surface area contributed by atoms with E-state index in [1.807, 2.05) is 0 Å². The Balaban J connectivity index is 3.12. The molecule has 0 fully saturated rings. The lowest BCUT2D eigenvalue weighted by Crippen LogP contribution is -2.25. The molecule has 13 heavy (non-hydrogen) atoms. The lowest BCUT2D eigenvalue weighted by atomic mass is 9.98. The zero-order valence-electron chi connectivity index (χ0n) is 7.79. The van der Waals surface area contributed by atoms with Gasteiger partial charge < -0.3 is 10.8 Å². The van der Waals surface area contributed by atoms with Crippen LogP contribution in [-0.4, -0.2) is 11.2 Å². The molecule has 0 amide bonds. The summed E-state index contributed by atoms with van der Waals surface area (Å²) >= 11 is 0. The van der Waals surface area contributed by atoms with Crippen molar-refractivity contribution in [2.75, 3.05) is 0 Å². The normalized spacial score (nSPS) is 15.5. The fourth-order valence-corrected chi connectivity index (χ4v) is 1.31. The molecule has 1 aromatic carbocycles. The molecule has 3 heteroatoms. The van der Waals surface area contributed by atoms with Crippen LogP contribution in [0.5, 0.6) is 0 Å². The van der Waals surface area contributed by atoms with E-state index in [9.17, 15) is 9.50 Å². The molecule has 0 aromatic heterocycles. The molecule has 0 unspecified atom stereocenters. The smallest absolute Gasteiger partial charge is 0.128 e. The van der Waals surface area contributed by atoms with Crippen LogP contribution in [0.2, 0.25) is 0 Å². The van der Waals surface area contributed by atoms with Crippen molar-refractivity contribution in [1.82, 2.24) is 0 Å². The Kier molecular flexibility index (Phi) is 3.01. The molecule has 2 atom stereocenters. The van der Waals surface area contributed by atoms with Crippen LogP contribution in [0.25, 0.3) is 0 Å². The number of rotatable bonds is 2. The van der Waals surface area contributed by atoms with Gasteiger partial charge in [-0.2, -0.15) is 0 Å². The summed E-state index contributed by atoms with van der Waals surface area (Å²) in [6, 6.07) is 4.11. The maximum Gasteiger partial charge on any atom is 0.128 e. The number of aliphatic hydroxyl groups is 1. The average molecular weight is 183 g/mol. The Morgan fingerprint density at radius 1 is 1.46 bits per heavy atom. The summed E-state index contributed by atoms with van der Waals surface area (Å²) in [5, 5.41) is 9.23. The predicted molar refractivity (Wildman–Crippen MR) is 49.7 cm³/mol. The third-order valence-electron chi connectivity index (χ3n) is 2.12. The molecule has 0 aliphatic carbocycles. The lowest BCUT2D eigenvalue weighted by Gasteiger charge is -2.17. The highest BCUT2D eigenvalue weighted by Gasteiger charge is 2.17. The molecule has 0 saturated heterocycles. The summed E-state index contributed by atoms with van der Waals surface area (Å²) in [4.78, 5) is 0. The lowest BCUT2D eigenvalue weighted by molar-refractivity contribution is 0.162. The highest BCUT2D eigenvalue weighted by atomic mass is 19.1. The summed E-state index contributed by atoms with van der Waals surface area (Å²) in [5.74, 6) is -0.353. The summed E-state index contributed by atoms with van der Waals surface area (Å²) in [5.41, 5.74) is 6.82. The van der Waals surface area contributed by atoms with E-state index in [1.54, 1.807) is 26.0 Å². The minimum atomic E-state index is -0.740. The first kappa shape index (κ1) is 10.2. The highest BCUT2D eigenvalue weighted by molar-refractivity contribution is 5.30. The van der Waals surface area contributed by atoms with Crippen LogP contribution < -0.4 is 5.73 Å². The Labute approximate surface area is 77.2 Å². The quantitative estimate of drug-likeness (QED) is 0.730. The standard InChI is InChI=1S/C10H14FNO/c1-6-4-3-5-8(11)9(6)10(12)7(2)13/h3-5,7,10,13H,12H2,1-2H3/t7-,10+/m0/s1. The number of halogens is 1. The molecular formula is C10H14FNO. The summed E-state index contributed by atoms with van der Waals surface area (Å²) < 4.78 is 13.3. The zero-order chi connectivity index (χ0) is 10.0. The fourth-order valence-electron chi connectivity index (χ4n) is 1.31. The van der Waals surface area contributed by atoms with Crippen LogP contribution in [0.15, 0.2) is 18.2 Å². The van der Waals surface area contributed by atoms with Crippen molar-refractivity contribution in [3.05, 3.63) is 35.1 Å². The second kappa shape index (κ2) is 3.85. The number of hydrogen-bond acceptors (Lipinski definition) is 2. The van der Waals surface area contributed by atoms with Gasteiger partial charge in [0.1, 0.15) is 5.82 Å². The van der Waals surface area contributed by atoms with Crippen LogP contribution in [0, 0.1) is 12.7 Å². The van der Waals surface area contributed by atoms with E-state index in [1.165, 1.54) is 6.07 Å². The van der Waals surface area contributed by atoms with E-state index < -0.39 is 12.1 Å². The molecule has 0 bridgehead atoms. The van der Waals surface area contributed by atoms with E-state index in [2.05, 4.69) is 0 Å². The van der Waals surface area contributed by atoms with E-state index in [0.717, 1.165) is 5.56 Å². The van der Waals surface area contributed by atoms with Gasteiger partial charge in [-0.1, -0.05) is 12.1 Å². The third kappa shape index (κ3) is 2.05. The van der Waals surface area contributed by atoms with Gasteiger partial charge in [-0.15, -0.1) is 0 Å². The highest BCUT2D eigenvalue weighted by Crippen LogP contribution is 2.21. The molecule has 0 radical (unpaired) electrons. The van der Waals surface area contributed by atoms with Crippen molar-refractivity contribution in [3.8, 4) is 0 Å². The Morgan fingerprint density at radius 3 is 2.54 bits per heavy atom. The van der Waals surface area contributed by atoms with Crippen molar-refractivity contribution < 1.29 is 9.50 Å². The molecule has 2 nitrogen and oxygen atoms in total. The Hall–Kier alpha value is -0.930. The van der Waals surface area contributed by atoms with Crippen LogP contribution in [0.3, 0.4) is 0 Å². The molecule has 0 heterocycles. The van der Waals surface area contributed by atoms with Crippen LogP contribution in [0.4, 0.5) is 4.39 Å². The molecule has 3 N–H and O–H groups in total. The van der Waals surface area contributed by atoms with Gasteiger partial charge in [0.15, 0.2) is 0 Å². The van der Waals surface area contributed by atoms with Gasteiger partial charge >= 0.3 is 0 Å². The van der Waals surface area contributed by atoms with E-state index in [0.29, 0.717) is 5.56 Å². The molecule has 1 aromatic rings.